The minimum Gasteiger partial charge on any atom is -0.377 e. The van der Waals surface area contributed by atoms with Gasteiger partial charge in [-0.2, -0.15) is 0 Å². The van der Waals surface area contributed by atoms with Gasteiger partial charge in [-0.3, -0.25) is 4.79 Å². The third-order valence-electron chi connectivity index (χ3n) is 2.93. The van der Waals surface area contributed by atoms with Crippen LogP contribution < -0.4 is 0 Å². The van der Waals surface area contributed by atoms with Crippen LogP contribution in [0.15, 0.2) is 25.3 Å². The van der Waals surface area contributed by atoms with E-state index < -0.39 is 0 Å². The van der Waals surface area contributed by atoms with E-state index >= 15 is 0 Å². The van der Waals surface area contributed by atoms with Gasteiger partial charge < -0.3 is 4.74 Å². The molecule has 1 atom stereocenters. The molecule has 1 aliphatic carbocycles. The molecule has 0 aliphatic heterocycles. The van der Waals surface area contributed by atoms with Crippen LogP contribution in [0, 0.1) is 5.41 Å². The summed E-state index contributed by atoms with van der Waals surface area (Å²) >= 11 is 0. The number of hydrogen-bond acceptors (Lipinski definition) is 2. The molecule has 0 amide bonds. The highest BCUT2D eigenvalue weighted by Crippen LogP contribution is 2.46. The van der Waals surface area contributed by atoms with E-state index in [0.29, 0.717) is 25.9 Å². The first-order valence-electron chi connectivity index (χ1n) is 5.08. The van der Waals surface area contributed by atoms with Crippen LogP contribution in [0.3, 0.4) is 0 Å². The van der Waals surface area contributed by atoms with Crippen molar-refractivity contribution in [1.29, 1.82) is 0 Å². The zero-order valence-corrected chi connectivity index (χ0v) is 8.79. The molecule has 1 fully saturated rings. The molecular weight excluding hydrogens is 176 g/mol. The number of ether oxygens (including phenoxy) is 1. The third kappa shape index (κ3) is 1.67. The molecule has 2 heteroatoms. The van der Waals surface area contributed by atoms with E-state index in [1.54, 1.807) is 12.2 Å². The van der Waals surface area contributed by atoms with Crippen molar-refractivity contribution >= 4 is 5.78 Å². The number of carbonyl (C=O) groups is 1. The summed E-state index contributed by atoms with van der Waals surface area (Å²) in [6.07, 6.45) is 5.61. The largest absolute Gasteiger partial charge is 0.377 e. The van der Waals surface area contributed by atoms with E-state index in [-0.39, 0.29) is 17.3 Å². The molecule has 0 aromatic carbocycles. The molecule has 0 N–H and O–H groups in total. The van der Waals surface area contributed by atoms with Gasteiger partial charge in [0.15, 0.2) is 0 Å². The van der Waals surface area contributed by atoms with Gasteiger partial charge in [0.2, 0.25) is 0 Å². The van der Waals surface area contributed by atoms with E-state index in [1.165, 1.54) is 0 Å². The van der Waals surface area contributed by atoms with Crippen molar-refractivity contribution in [1.82, 2.24) is 0 Å². The Morgan fingerprint density at radius 3 is 2.43 bits per heavy atom. The van der Waals surface area contributed by atoms with E-state index in [4.69, 9.17) is 4.74 Å². The fourth-order valence-corrected chi connectivity index (χ4v) is 2.12. The molecule has 0 aromatic rings. The summed E-state index contributed by atoms with van der Waals surface area (Å²) in [5.41, 5.74) is -0.348. The normalized spacial score (nSPS) is 24.1. The second kappa shape index (κ2) is 4.56. The standard InChI is InChI=1S/C12H18O2/c1-4-7-12(8-5-2)10(13)9-11(12)14-6-3/h4-5,11H,1-2,6-9H2,3H3. The number of allylic oxidation sites excluding steroid dienone is 2. The Bertz CT molecular complexity index is 233. The first-order valence-corrected chi connectivity index (χ1v) is 5.08. The fourth-order valence-electron chi connectivity index (χ4n) is 2.12. The molecule has 1 unspecified atom stereocenters. The van der Waals surface area contributed by atoms with Crippen molar-refractivity contribution in [3.05, 3.63) is 25.3 Å². The SMILES string of the molecule is C=CCC1(CC=C)C(=O)CC1OCC. The second-order valence-electron chi connectivity index (χ2n) is 3.71. The summed E-state index contributed by atoms with van der Waals surface area (Å²) in [5, 5.41) is 0. The summed E-state index contributed by atoms with van der Waals surface area (Å²) in [7, 11) is 0. The number of Topliss-reactive ketones (excluding diaryl/α,β-unsaturated/α-hetero) is 1. The maximum Gasteiger partial charge on any atom is 0.144 e. The third-order valence-corrected chi connectivity index (χ3v) is 2.93. The number of carbonyl (C=O) groups excluding carboxylic acids is 1. The van der Waals surface area contributed by atoms with Crippen LogP contribution >= 0.6 is 0 Å². The summed E-state index contributed by atoms with van der Waals surface area (Å²) in [5.74, 6) is 0.288. The topological polar surface area (TPSA) is 26.3 Å². The van der Waals surface area contributed by atoms with Gasteiger partial charge in [-0.25, -0.2) is 0 Å². The molecule has 1 saturated carbocycles. The Morgan fingerprint density at radius 2 is 2.07 bits per heavy atom. The maximum atomic E-state index is 11.6. The molecule has 0 spiro atoms. The monoisotopic (exact) mass is 194 g/mol. The van der Waals surface area contributed by atoms with Gasteiger partial charge in [0, 0.05) is 13.0 Å². The van der Waals surface area contributed by atoms with Crippen LogP contribution in [-0.2, 0) is 9.53 Å². The van der Waals surface area contributed by atoms with E-state index in [2.05, 4.69) is 13.2 Å². The number of rotatable bonds is 6. The molecule has 0 bridgehead atoms. The van der Waals surface area contributed by atoms with Crippen LogP contribution in [0.25, 0.3) is 0 Å². The summed E-state index contributed by atoms with van der Waals surface area (Å²) in [6, 6.07) is 0. The smallest absolute Gasteiger partial charge is 0.144 e. The molecule has 0 heterocycles. The highest BCUT2D eigenvalue weighted by molar-refractivity contribution is 5.92. The highest BCUT2D eigenvalue weighted by Gasteiger charge is 2.53. The molecule has 1 aliphatic rings. The second-order valence-corrected chi connectivity index (χ2v) is 3.71. The van der Waals surface area contributed by atoms with Gasteiger partial charge in [-0.15, -0.1) is 13.2 Å². The molecule has 1 rings (SSSR count). The summed E-state index contributed by atoms with van der Waals surface area (Å²) in [6.45, 7) is 10.0. The van der Waals surface area contributed by atoms with Crippen LogP contribution in [0.2, 0.25) is 0 Å². The first-order chi connectivity index (χ1) is 6.71. The Hall–Kier alpha value is -0.890. The summed E-state index contributed by atoms with van der Waals surface area (Å²) < 4.78 is 5.55. The Labute approximate surface area is 85.6 Å². The predicted octanol–water partition coefficient (Wildman–Crippen LogP) is 2.50. The summed E-state index contributed by atoms with van der Waals surface area (Å²) in [4.78, 5) is 11.6. The fraction of sp³-hybridized carbons (Fsp3) is 0.583. The van der Waals surface area contributed by atoms with Crippen molar-refractivity contribution in [2.24, 2.45) is 5.41 Å². The lowest BCUT2D eigenvalue weighted by molar-refractivity contribution is -0.162. The van der Waals surface area contributed by atoms with Crippen LogP contribution in [0.1, 0.15) is 26.2 Å². The molecule has 78 valence electrons. The molecular formula is C12H18O2. The van der Waals surface area contributed by atoms with Gasteiger partial charge in [-0.1, -0.05) is 12.2 Å². The van der Waals surface area contributed by atoms with Crippen molar-refractivity contribution in [3.8, 4) is 0 Å². The van der Waals surface area contributed by atoms with E-state index in [0.717, 1.165) is 0 Å². The highest BCUT2D eigenvalue weighted by atomic mass is 16.5. The molecule has 0 aromatic heterocycles. The van der Waals surface area contributed by atoms with Gasteiger partial charge in [0.1, 0.15) is 5.78 Å². The Morgan fingerprint density at radius 1 is 1.50 bits per heavy atom. The van der Waals surface area contributed by atoms with Crippen LogP contribution in [-0.4, -0.2) is 18.5 Å². The average Bonchev–Trinajstić information content (AvgIpc) is 2.17. The minimum atomic E-state index is -0.348. The Kier molecular flexibility index (Phi) is 3.64. The molecule has 14 heavy (non-hydrogen) atoms. The Balaban J connectivity index is 2.75. The molecule has 0 radical (unpaired) electrons. The van der Waals surface area contributed by atoms with Crippen LogP contribution in [0.5, 0.6) is 0 Å². The van der Waals surface area contributed by atoms with E-state index in [1.807, 2.05) is 6.92 Å². The van der Waals surface area contributed by atoms with Gasteiger partial charge in [-0.05, 0) is 19.8 Å². The zero-order valence-electron chi connectivity index (χ0n) is 8.79. The van der Waals surface area contributed by atoms with Gasteiger partial charge in [0.05, 0.1) is 11.5 Å². The van der Waals surface area contributed by atoms with Crippen molar-refractivity contribution in [2.75, 3.05) is 6.61 Å². The lowest BCUT2D eigenvalue weighted by atomic mass is 9.61. The van der Waals surface area contributed by atoms with E-state index in [9.17, 15) is 4.79 Å². The lowest BCUT2D eigenvalue weighted by Crippen LogP contribution is -2.54. The molecule has 2 nitrogen and oxygen atoms in total. The van der Waals surface area contributed by atoms with Crippen molar-refractivity contribution in [2.45, 2.75) is 32.3 Å². The molecule has 0 saturated heterocycles. The minimum absolute atomic E-state index is 0.0657. The quantitative estimate of drug-likeness (QED) is 0.607. The lowest BCUT2D eigenvalue weighted by Gasteiger charge is -2.46. The zero-order chi connectivity index (χ0) is 10.6. The predicted molar refractivity (Wildman–Crippen MR) is 57.1 cm³/mol. The average molecular weight is 194 g/mol. The number of hydrogen-bond donors (Lipinski definition) is 0. The van der Waals surface area contributed by atoms with Crippen molar-refractivity contribution < 1.29 is 9.53 Å². The first kappa shape index (κ1) is 11.2. The maximum absolute atomic E-state index is 11.6. The van der Waals surface area contributed by atoms with Gasteiger partial charge >= 0.3 is 0 Å². The van der Waals surface area contributed by atoms with Gasteiger partial charge in [0.25, 0.3) is 0 Å². The van der Waals surface area contributed by atoms with Crippen molar-refractivity contribution in [3.63, 3.8) is 0 Å². The van der Waals surface area contributed by atoms with Crippen LogP contribution in [0.4, 0.5) is 0 Å². The number of ketones is 1.